The van der Waals surface area contributed by atoms with Gasteiger partial charge in [0.25, 0.3) is 0 Å². The molecule has 0 saturated carbocycles. The fourth-order valence-electron chi connectivity index (χ4n) is 2.53. The summed E-state index contributed by atoms with van der Waals surface area (Å²) < 4.78 is 13.1. The van der Waals surface area contributed by atoms with Crippen LogP contribution in [0.1, 0.15) is 23.9 Å². The van der Waals surface area contributed by atoms with Gasteiger partial charge >= 0.3 is 0 Å². The number of aromatic nitrogens is 2. The minimum Gasteiger partial charge on any atom is -0.337 e. The number of amides is 1. The number of H-pyrrole nitrogens is 1. The van der Waals surface area contributed by atoms with Crippen LogP contribution < -0.4 is 5.32 Å². The van der Waals surface area contributed by atoms with Crippen molar-refractivity contribution in [1.29, 1.82) is 0 Å². The molecule has 140 valence electrons. The highest BCUT2D eigenvalue weighted by molar-refractivity contribution is 8.00. The van der Waals surface area contributed by atoms with Gasteiger partial charge in [0, 0.05) is 12.1 Å². The first-order valence-electron chi connectivity index (χ1n) is 8.44. The average Bonchev–Trinajstić information content (AvgIpc) is 2.97. The first-order valence-corrected chi connectivity index (χ1v) is 9.70. The molecule has 0 aliphatic carbocycles. The molecule has 1 amide bonds. The first kappa shape index (κ1) is 19.5. The summed E-state index contributed by atoms with van der Waals surface area (Å²) >= 11 is 7.29. The Morgan fingerprint density at radius 3 is 2.74 bits per heavy atom. The lowest BCUT2D eigenvalue weighted by Gasteiger charge is -2.11. The molecular formula is C20H19ClFN3OS. The molecular weight excluding hydrogens is 385 g/mol. The van der Waals surface area contributed by atoms with Crippen LogP contribution in [-0.2, 0) is 11.2 Å². The number of anilines is 1. The summed E-state index contributed by atoms with van der Waals surface area (Å²) in [4.78, 5) is 20.3. The number of nitrogens with one attached hydrogen (secondary N) is 2. The number of aromatic amines is 1. The molecule has 0 aliphatic heterocycles. The monoisotopic (exact) mass is 403 g/mol. The van der Waals surface area contributed by atoms with E-state index in [1.165, 1.54) is 35.5 Å². The quantitative estimate of drug-likeness (QED) is 0.554. The second-order valence-electron chi connectivity index (χ2n) is 6.15. The fourth-order valence-corrected chi connectivity index (χ4v) is 3.62. The number of halogens is 2. The van der Waals surface area contributed by atoms with Crippen LogP contribution in [-0.4, -0.2) is 21.1 Å². The maximum atomic E-state index is 13.1. The molecule has 0 bridgehead atoms. The number of carbonyl (C=O) groups excluding carboxylic acids is 1. The smallest absolute Gasteiger partial charge is 0.237 e. The summed E-state index contributed by atoms with van der Waals surface area (Å²) in [6, 6.07) is 14.0. The van der Waals surface area contributed by atoms with Crippen molar-refractivity contribution in [1.82, 2.24) is 9.97 Å². The zero-order valence-electron chi connectivity index (χ0n) is 14.9. The first-order chi connectivity index (χ1) is 12.9. The molecule has 3 aromatic rings. The second-order valence-corrected chi connectivity index (χ2v) is 7.89. The third-order valence-electron chi connectivity index (χ3n) is 4.02. The molecule has 2 aromatic carbocycles. The molecule has 0 spiro atoms. The van der Waals surface area contributed by atoms with Crippen molar-refractivity contribution in [3.8, 4) is 0 Å². The van der Waals surface area contributed by atoms with Gasteiger partial charge in [0.2, 0.25) is 5.91 Å². The second kappa shape index (κ2) is 8.59. The van der Waals surface area contributed by atoms with E-state index in [1.54, 1.807) is 6.92 Å². The van der Waals surface area contributed by atoms with E-state index in [9.17, 15) is 9.18 Å². The molecule has 1 heterocycles. The molecule has 1 aromatic heterocycles. The number of rotatable bonds is 6. The molecule has 4 nitrogen and oxygen atoms in total. The van der Waals surface area contributed by atoms with Crippen LogP contribution in [0.3, 0.4) is 0 Å². The van der Waals surface area contributed by atoms with Crippen LogP contribution in [0.25, 0.3) is 0 Å². The number of hydrogen-bond donors (Lipinski definition) is 2. The Balaban J connectivity index is 1.64. The van der Waals surface area contributed by atoms with Crippen molar-refractivity contribution in [2.75, 3.05) is 5.32 Å². The topological polar surface area (TPSA) is 57.8 Å². The van der Waals surface area contributed by atoms with E-state index in [0.29, 0.717) is 10.8 Å². The van der Waals surface area contributed by atoms with Crippen LogP contribution >= 0.6 is 23.4 Å². The van der Waals surface area contributed by atoms with Crippen LogP contribution in [0.15, 0.2) is 53.7 Å². The molecule has 3 rings (SSSR count). The van der Waals surface area contributed by atoms with Crippen molar-refractivity contribution >= 4 is 35.0 Å². The van der Waals surface area contributed by atoms with Crippen molar-refractivity contribution < 1.29 is 9.18 Å². The third-order valence-corrected chi connectivity index (χ3v) is 5.32. The summed E-state index contributed by atoms with van der Waals surface area (Å²) in [6.45, 7) is 3.75. The lowest BCUT2D eigenvalue weighted by atomic mass is 10.1. The average molecular weight is 404 g/mol. The summed E-state index contributed by atoms with van der Waals surface area (Å²) in [5.74, 6) is -0.676. The van der Waals surface area contributed by atoms with Crippen LogP contribution in [0.4, 0.5) is 10.1 Å². The summed E-state index contributed by atoms with van der Waals surface area (Å²) in [6.07, 6.45) is 0.732. The van der Waals surface area contributed by atoms with Gasteiger partial charge in [-0.1, -0.05) is 53.7 Å². The summed E-state index contributed by atoms with van der Waals surface area (Å²) in [5, 5.41) is 3.17. The SMILES string of the molecule is Cc1[nH]c(SC(C)C(=O)Nc2ccc(F)cc2Cl)nc1Cc1ccccc1. The largest absolute Gasteiger partial charge is 0.337 e. The van der Waals surface area contributed by atoms with Crippen LogP contribution in [0, 0.1) is 12.7 Å². The van der Waals surface area contributed by atoms with Gasteiger partial charge in [-0.05, 0) is 37.6 Å². The number of carbonyl (C=O) groups is 1. The highest BCUT2D eigenvalue weighted by atomic mass is 35.5. The molecule has 7 heteroatoms. The molecule has 0 radical (unpaired) electrons. The van der Waals surface area contributed by atoms with Crippen molar-refractivity contribution in [3.05, 3.63) is 76.3 Å². The van der Waals surface area contributed by atoms with Gasteiger partial charge in [-0.3, -0.25) is 4.79 Å². The van der Waals surface area contributed by atoms with E-state index >= 15 is 0 Å². The predicted molar refractivity (Wildman–Crippen MR) is 108 cm³/mol. The molecule has 0 saturated heterocycles. The Hall–Kier alpha value is -2.31. The zero-order valence-corrected chi connectivity index (χ0v) is 16.5. The minimum absolute atomic E-state index is 0.166. The van der Waals surface area contributed by atoms with Gasteiger partial charge in [0.05, 0.1) is 21.7 Å². The number of aryl methyl sites for hydroxylation is 1. The molecule has 0 aliphatic rings. The minimum atomic E-state index is -0.447. The molecule has 27 heavy (non-hydrogen) atoms. The predicted octanol–water partition coefficient (Wildman–Crippen LogP) is 5.22. The lowest BCUT2D eigenvalue weighted by Crippen LogP contribution is -2.22. The van der Waals surface area contributed by atoms with Crippen LogP contribution in [0.2, 0.25) is 5.02 Å². The maximum absolute atomic E-state index is 13.1. The number of thioether (sulfide) groups is 1. The molecule has 2 N–H and O–H groups in total. The van der Waals surface area contributed by atoms with Gasteiger partial charge < -0.3 is 10.3 Å². The van der Waals surface area contributed by atoms with Gasteiger partial charge in [-0.25, -0.2) is 9.37 Å². The van der Waals surface area contributed by atoms with E-state index in [2.05, 4.69) is 27.4 Å². The maximum Gasteiger partial charge on any atom is 0.237 e. The van der Waals surface area contributed by atoms with Gasteiger partial charge in [-0.15, -0.1) is 0 Å². The normalized spacial score (nSPS) is 12.0. The van der Waals surface area contributed by atoms with Crippen molar-refractivity contribution in [2.45, 2.75) is 30.7 Å². The van der Waals surface area contributed by atoms with Crippen molar-refractivity contribution in [2.24, 2.45) is 0 Å². The van der Waals surface area contributed by atoms with Gasteiger partial charge in [-0.2, -0.15) is 0 Å². The van der Waals surface area contributed by atoms with Crippen LogP contribution in [0.5, 0.6) is 0 Å². The lowest BCUT2D eigenvalue weighted by molar-refractivity contribution is -0.115. The molecule has 0 fully saturated rings. The standard InChI is InChI=1S/C20H19ClFN3OS/c1-12-18(10-14-6-4-3-5-7-14)25-20(23-12)27-13(2)19(26)24-17-9-8-15(22)11-16(17)21/h3-9,11,13H,10H2,1-2H3,(H,23,25)(H,24,26). The van der Waals surface area contributed by atoms with E-state index in [4.69, 9.17) is 11.6 Å². The Morgan fingerprint density at radius 2 is 2.04 bits per heavy atom. The number of imidazole rings is 1. The van der Waals surface area contributed by atoms with E-state index < -0.39 is 11.1 Å². The zero-order chi connectivity index (χ0) is 19.4. The van der Waals surface area contributed by atoms with Crippen molar-refractivity contribution in [3.63, 3.8) is 0 Å². The van der Waals surface area contributed by atoms with E-state index in [0.717, 1.165) is 17.8 Å². The Kier molecular flexibility index (Phi) is 6.19. The fraction of sp³-hybridized carbons (Fsp3) is 0.200. The van der Waals surface area contributed by atoms with E-state index in [1.807, 2.05) is 25.1 Å². The Morgan fingerprint density at radius 1 is 1.30 bits per heavy atom. The highest BCUT2D eigenvalue weighted by Crippen LogP contribution is 2.26. The third kappa shape index (κ3) is 5.11. The Labute approximate surface area is 166 Å². The molecule has 1 unspecified atom stereocenters. The highest BCUT2D eigenvalue weighted by Gasteiger charge is 2.18. The molecule has 1 atom stereocenters. The number of nitrogens with zero attached hydrogens (tertiary/aromatic N) is 1. The van der Waals surface area contributed by atoms with E-state index in [-0.39, 0.29) is 10.9 Å². The summed E-state index contributed by atoms with van der Waals surface area (Å²) in [5.41, 5.74) is 3.50. The van der Waals surface area contributed by atoms with Gasteiger partial charge in [0.1, 0.15) is 5.82 Å². The Bertz CT molecular complexity index is 946. The summed E-state index contributed by atoms with van der Waals surface area (Å²) in [7, 11) is 0. The number of hydrogen-bond acceptors (Lipinski definition) is 3. The number of benzene rings is 2. The van der Waals surface area contributed by atoms with Gasteiger partial charge in [0.15, 0.2) is 5.16 Å².